The van der Waals surface area contributed by atoms with E-state index in [9.17, 15) is 19.5 Å². The fraction of sp³-hybridized carbons (Fsp3) is 0.737. The van der Waals surface area contributed by atoms with Gasteiger partial charge < -0.3 is 33.9 Å². The first-order valence-corrected chi connectivity index (χ1v) is 10.1. The molecule has 1 aliphatic heterocycles. The molecule has 0 saturated heterocycles. The van der Waals surface area contributed by atoms with Gasteiger partial charge in [0.1, 0.15) is 0 Å². The molecule has 31 heavy (non-hydrogen) atoms. The van der Waals surface area contributed by atoms with Crippen LogP contribution in [0.4, 0.5) is 0 Å². The van der Waals surface area contributed by atoms with Gasteiger partial charge in [0.2, 0.25) is 5.91 Å². The molecule has 0 aromatic carbocycles. The number of ether oxygens (including phenoxy) is 5. The molecule has 1 rings (SSSR count). The third-order valence-corrected chi connectivity index (χ3v) is 3.83. The van der Waals surface area contributed by atoms with Crippen LogP contribution in [0.5, 0.6) is 0 Å². The summed E-state index contributed by atoms with van der Waals surface area (Å²) in [5, 5.41) is 20.1. The Kier molecular flexibility index (Phi) is 14.6. The van der Waals surface area contributed by atoms with E-state index in [2.05, 4.69) is 0 Å². The standard InChI is InChI=1S/C19H32N2O10/c1-2-16(23)20(21-17(24)3-4-18(21)25)19(26)15-31-14-13-30-12-11-29-10-9-28-8-7-27-6-5-22/h3-4,19,22,26H,2,5-15H2,1H3. The Morgan fingerprint density at radius 3 is 1.71 bits per heavy atom. The molecule has 0 spiro atoms. The van der Waals surface area contributed by atoms with Gasteiger partial charge in [-0.25, -0.2) is 5.01 Å². The molecular weight excluding hydrogens is 416 g/mol. The molecule has 12 heteroatoms. The van der Waals surface area contributed by atoms with E-state index in [0.29, 0.717) is 56.3 Å². The highest BCUT2D eigenvalue weighted by Gasteiger charge is 2.36. The molecule has 0 radical (unpaired) electrons. The third-order valence-electron chi connectivity index (χ3n) is 3.83. The summed E-state index contributed by atoms with van der Waals surface area (Å²) in [6, 6.07) is 0. The highest BCUT2D eigenvalue weighted by Crippen LogP contribution is 2.13. The first kappa shape index (κ1) is 27.1. The van der Waals surface area contributed by atoms with E-state index < -0.39 is 23.9 Å². The first-order valence-electron chi connectivity index (χ1n) is 10.1. The molecule has 1 atom stereocenters. The lowest BCUT2D eigenvalue weighted by atomic mass is 10.4. The fourth-order valence-corrected chi connectivity index (χ4v) is 2.38. The largest absolute Gasteiger partial charge is 0.394 e. The van der Waals surface area contributed by atoms with Crippen LogP contribution in [0.15, 0.2) is 12.2 Å². The average Bonchev–Trinajstić information content (AvgIpc) is 3.09. The minimum atomic E-state index is -1.49. The van der Waals surface area contributed by atoms with Gasteiger partial charge in [0.25, 0.3) is 11.8 Å². The van der Waals surface area contributed by atoms with Crippen molar-refractivity contribution in [3.8, 4) is 0 Å². The van der Waals surface area contributed by atoms with E-state index in [-0.39, 0.29) is 32.8 Å². The molecule has 0 aliphatic carbocycles. The number of rotatable bonds is 19. The van der Waals surface area contributed by atoms with Gasteiger partial charge in [-0.1, -0.05) is 6.92 Å². The predicted octanol–water partition coefficient (Wildman–Crippen LogP) is -1.54. The lowest BCUT2D eigenvalue weighted by molar-refractivity contribution is -0.192. The molecule has 0 bridgehead atoms. The molecule has 0 fully saturated rings. The molecule has 0 aromatic rings. The number of aliphatic hydroxyl groups excluding tert-OH is 2. The van der Waals surface area contributed by atoms with Crippen molar-refractivity contribution in [2.45, 2.75) is 19.6 Å². The monoisotopic (exact) mass is 448 g/mol. The minimum Gasteiger partial charge on any atom is -0.394 e. The van der Waals surface area contributed by atoms with Crippen LogP contribution in [0.25, 0.3) is 0 Å². The quantitative estimate of drug-likeness (QED) is 0.135. The van der Waals surface area contributed by atoms with Gasteiger partial charge in [0, 0.05) is 18.6 Å². The van der Waals surface area contributed by atoms with E-state index in [1.165, 1.54) is 0 Å². The predicted molar refractivity (Wildman–Crippen MR) is 105 cm³/mol. The van der Waals surface area contributed by atoms with Gasteiger partial charge in [-0.2, -0.15) is 5.01 Å². The van der Waals surface area contributed by atoms with E-state index in [1.54, 1.807) is 6.92 Å². The highest BCUT2D eigenvalue weighted by atomic mass is 16.6. The molecule has 2 N–H and O–H groups in total. The van der Waals surface area contributed by atoms with Crippen molar-refractivity contribution in [3.63, 3.8) is 0 Å². The van der Waals surface area contributed by atoms with Crippen molar-refractivity contribution in [1.29, 1.82) is 0 Å². The summed E-state index contributed by atoms with van der Waals surface area (Å²) >= 11 is 0. The third kappa shape index (κ3) is 10.8. The van der Waals surface area contributed by atoms with Gasteiger partial charge in [0.05, 0.1) is 72.7 Å². The van der Waals surface area contributed by atoms with Crippen LogP contribution in [0.1, 0.15) is 13.3 Å². The molecule has 0 saturated carbocycles. The highest BCUT2D eigenvalue weighted by molar-refractivity contribution is 6.13. The Morgan fingerprint density at radius 2 is 1.29 bits per heavy atom. The maximum absolute atomic E-state index is 12.1. The summed E-state index contributed by atoms with van der Waals surface area (Å²) in [7, 11) is 0. The Labute approximate surface area is 181 Å². The number of carbonyl (C=O) groups is 3. The number of amides is 3. The van der Waals surface area contributed by atoms with Gasteiger partial charge in [-0.15, -0.1) is 0 Å². The van der Waals surface area contributed by atoms with Crippen LogP contribution >= 0.6 is 0 Å². The zero-order chi connectivity index (χ0) is 22.9. The molecule has 1 unspecified atom stereocenters. The Balaban J connectivity index is 2.06. The van der Waals surface area contributed by atoms with Crippen molar-refractivity contribution >= 4 is 17.7 Å². The number of imide groups is 1. The van der Waals surface area contributed by atoms with Gasteiger partial charge in [-0.05, 0) is 0 Å². The van der Waals surface area contributed by atoms with E-state index in [1.807, 2.05) is 0 Å². The van der Waals surface area contributed by atoms with Crippen LogP contribution in [0, 0.1) is 0 Å². The van der Waals surface area contributed by atoms with Gasteiger partial charge in [0.15, 0.2) is 6.23 Å². The summed E-state index contributed by atoms with van der Waals surface area (Å²) in [5.74, 6) is -1.99. The number of hydrazine groups is 1. The summed E-state index contributed by atoms with van der Waals surface area (Å²) in [4.78, 5) is 35.6. The van der Waals surface area contributed by atoms with Crippen LogP contribution < -0.4 is 0 Å². The molecule has 178 valence electrons. The van der Waals surface area contributed by atoms with Crippen molar-refractivity contribution in [1.82, 2.24) is 10.0 Å². The number of nitrogens with zero attached hydrogens (tertiary/aromatic N) is 2. The van der Waals surface area contributed by atoms with Crippen LogP contribution in [-0.4, -0.2) is 117 Å². The summed E-state index contributed by atoms with van der Waals surface area (Å²) < 4.78 is 26.2. The number of aliphatic hydroxyl groups is 2. The molecule has 0 aromatic heterocycles. The van der Waals surface area contributed by atoms with Gasteiger partial charge in [-0.3, -0.25) is 14.4 Å². The number of hydrogen-bond acceptors (Lipinski definition) is 10. The normalized spacial score (nSPS) is 14.5. The number of hydrogen-bond donors (Lipinski definition) is 2. The minimum absolute atomic E-state index is 0.000235. The topological polar surface area (TPSA) is 144 Å². The van der Waals surface area contributed by atoms with E-state index >= 15 is 0 Å². The van der Waals surface area contributed by atoms with Crippen molar-refractivity contribution in [2.24, 2.45) is 0 Å². The zero-order valence-corrected chi connectivity index (χ0v) is 17.8. The zero-order valence-electron chi connectivity index (χ0n) is 17.8. The van der Waals surface area contributed by atoms with Crippen LogP contribution in [0.2, 0.25) is 0 Å². The second kappa shape index (κ2) is 16.7. The fourth-order valence-electron chi connectivity index (χ4n) is 2.38. The Bertz CT molecular complexity index is 554. The molecule has 1 heterocycles. The molecular formula is C19H32N2O10. The Morgan fingerprint density at radius 1 is 0.871 bits per heavy atom. The molecule has 12 nitrogen and oxygen atoms in total. The van der Waals surface area contributed by atoms with Gasteiger partial charge >= 0.3 is 0 Å². The molecule has 1 aliphatic rings. The SMILES string of the molecule is CCC(=O)N(C(O)COCCOCCOCCOCCOCCO)N1C(=O)C=CC1=O. The number of carbonyl (C=O) groups excluding carboxylic acids is 3. The first-order chi connectivity index (χ1) is 15.0. The average molecular weight is 448 g/mol. The van der Waals surface area contributed by atoms with E-state index in [0.717, 1.165) is 12.2 Å². The lowest BCUT2D eigenvalue weighted by Crippen LogP contribution is -2.56. The van der Waals surface area contributed by atoms with Crippen molar-refractivity contribution in [2.75, 3.05) is 72.7 Å². The van der Waals surface area contributed by atoms with Crippen LogP contribution in [0.3, 0.4) is 0 Å². The maximum Gasteiger partial charge on any atom is 0.272 e. The molecule has 3 amide bonds. The summed E-state index contributed by atoms with van der Waals surface area (Å²) in [6.07, 6.45) is 0.570. The summed E-state index contributed by atoms with van der Waals surface area (Å²) in [5.41, 5.74) is 0. The van der Waals surface area contributed by atoms with E-state index in [4.69, 9.17) is 28.8 Å². The Hall–Kier alpha value is -1.93. The second-order valence-corrected chi connectivity index (χ2v) is 6.14. The maximum atomic E-state index is 12.1. The second-order valence-electron chi connectivity index (χ2n) is 6.14. The van der Waals surface area contributed by atoms with Crippen molar-refractivity contribution < 1.29 is 48.3 Å². The lowest BCUT2D eigenvalue weighted by Gasteiger charge is -2.33. The van der Waals surface area contributed by atoms with Crippen LogP contribution in [-0.2, 0) is 38.1 Å². The smallest absolute Gasteiger partial charge is 0.272 e. The van der Waals surface area contributed by atoms with Crippen molar-refractivity contribution in [3.05, 3.63) is 12.2 Å². The summed E-state index contributed by atoms with van der Waals surface area (Å²) in [6.45, 7) is 4.33.